The van der Waals surface area contributed by atoms with Gasteiger partial charge in [-0.25, -0.2) is 9.18 Å². The summed E-state index contributed by atoms with van der Waals surface area (Å²) in [6, 6.07) is 10.6. The monoisotopic (exact) mass is 286 g/mol. The van der Waals surface area contributed by atoms with Crippen LogP contribution in [0.15, 0.2) is 48.7 Å². The van der Waals surface area contributed by atoms with Gasteiger partial charge in [0.2, 0.25) is 0 Å². The van der Waals surface area contributed by atoms with Crippen molar-refractivity contribution in [3.05, 3.63) is 65.6 Å². The molecule has 0 aliphatic rings. The maximum absolute atomic E-state index is 13.3. The Hall–Kier alpha value is -2.82. The Morgan fingerprint density at radius 3 is 2.76 bits per heavy atom. The molecule has 3 N–H and O–H groups in total. The Bertz CT molecular complexity index is 684. The van der Waals surface area contributed by atoms with E-state index in [9.17, 15) is 14.3 Å². The van der Waals surface area contributed by atoms with E-state index in [0.717, 1.165) is 5.56 Å². The van der Waals surface area contributed by atoms with Gasteiger partial charge in [0, 0.05) is 11.8 Å². The number of halogens is 1. The van der Waals surface area contributed by atoms with E-state index in [1.807, 2.05) is 6.92 Å². The number of amides is 2. The third-order valence-corrected chi connectivity index (χ3v) is 2.78. The largest absolute Gasteiger partial charge is 0.506 e. The molecule has 0 radical (unpaired) electrons. The molecule has 2 aromatic carbocycles. The number of urea groups is 1. The number of hydrogen-bond acceptors (Lipinski definition) is 2. The van der Waals surface area contributed by atoms with Crippen molar-refractivity contribution in [2.45, 2.75) is 6.92 Å². The van der Waals surface area contributed by atoms with Crippen molar-refractivity contribution in [2.75, 3.05) is 5.32 Å². The lowest BCUT2D eigenvalue weighted by molar-refractivity contribution is 0.255. The molecule has 0 heterocycles. The van der Waals surface area contributed by atoms with Gasteiger partial charge in [0.1, 0.15) is 11.6 Å². The highest BCUT2D eigenvalue weighted by Gasteiger charge is 2.04. The summed E-state index contributed by atoms with van der Waals surface area (Å²) in [4.78, 5) is 11.7. The molecule has 0 saturated carbocycles. The summed E-state index contributed by atoms with van der Waals surface area (Å²) >= 11 is 0. The minimum Gasteiger partial charge on any atom is -0.506 e. The van der Waals surface area contributed by atoms with Crippen LogP contribution in [-0.4, -0.2) is 11.1 Å². The van der Waals surface area contributed by atoms with E-state index in [2.05, 4.69) is 10.6 Å². The first-order valence-electron chi connectivity index (χ1n) is 6.34. The molecule has 0 unspecified atom stereocenters. The molecule has 2 amide bonds. The van der Waals surface area contributed by atoms with Crippen molar-refractivity contribution in [1.29, 1.82) is 0 Å². The topological polar surface area (TPSA) is 61.4 Å². The number of anilines is 1. The standard InChI is InChI=1S/C16H15FN2O2/c1-11-6-7-15(20)14(10-11)19-16(21)18-9-8-12-4-2-3-5-13(12)17/h2-10,20H,1H3,(H2,18,19,21)/b9-8+. The molecule has 0 bridgehead atoms. The number of hydrogen-bond donors (Lipinski definition) is 3. The van der Waals surface area contributed by atoms with Crippen LogP contribution < -0.4 is 10.6 Å². The average molecular weight is 286 g/mol. The van der Waals surface area contributed by atoms with E-state index >= 15 is 0 Å². The Morgan fingerprint density at radius 2 is 2.00 bits per heavy atom. The number of phenols is 1. The lowest BCUT2D eigenvalue weighted by atomic mass is 10.2. The molecule has 5 heteroatoms. The van der Waals surface area contributed by atoms with Gasteiger partial charge in [-0.2, -0.15) is 0 Å². The van der Waals surface area contributed by atoms with Gasteiger partial charge in [-0.15, -0.1) is 0 Å². The summed E-state index contributed by atoms with van der Waals surface area (Å²) in [7, 11) is 0. The molecule has 0 atom stereocenters. The predicted molar refractivity (Wildman–Crippen MR) is 80.4 cm³/mol. The quantitative estimate of drug-likeness (QED) is 0.754. The summed E-state index contributed by atoms with van der Waals surface area (Å²) in [6.07, 6.45) is 2.78. The van der Waals surface area contributed by atoms with E-state index in [1.165, 1.54) is 24.4 Å². The van der Waals surface area contributed by atoms with Crippen LogP contribution in [0.3, 0.4) is 0 Å². The second-order valence-electron chi connectivity index (χ2n) is 4.47. The van der Waals surface area contributed by atoms with Crippen LogP contribution in [0.5, 0.6) is 5.75 Å². The van der Waals surface area contributed by atoms with Gasteiger partial charge in [0.15, 0.2) is 0 Å². The first-order chi connectivity index (χ1) is 10.1. The summed E-state index contributed by atoms with van der Waals surface area (Å²) in [5.41, 5.74) is 1.59. The molecule has 0 spiro atoms. The molecule has 108 valence electrons. The number of rotatable bonds is 3. The van der Waals surface area contributed by atoms with Crippen LogP contribution in [0.2, 0.25) is 0 Å². The Balaban J connectivity index is 1.96. The summed E-state index contributed by atoms with van der Waals surface area (Å²) in [5.74, 6) is -0.388. The molecule has 0 aromatic heterocycles. The molecular weight excluding hydrogens is 271 g/mol. The van der Waals surface area contributed by atoms with Crippen LogP contribution >= 0.6 is 0 Å². The highest BCUT2D eigenvalue weighted by molar-refractivity contribution is 5.91. The minimum absolute atomic E-state index is 0.0196. The van der Waals surface area contributed by atoms with Crippen LogP contribution in [0.25, 0.3) is 6.08 Å². The lowest BCUT2D eigenvalue weighted by Gasteiger charge is -2.07. The molecule has 4 nitrogen and oxygen atoms in total. The second-order valence-corrected chi connectivity index (χ2v) is 4.47. The Morgan fingerprint density at radius 1 is 1.24 bits per heavy atom. The number of aromatic hydroxyl groups is 1. The number of nitrogens with one attached hydrogen (secondary N) is 2. The third kappa shape index (κ3) is 4.07. The average Bonchev–Trinajstić information content (AvgIpc) is 2.45. The number of phenolic OH excluding ortho intramolecular Hbond substituents is 1. The zero-order valence-corrected chi connectivity index (χ0v) is 11.4. The predicted octanol–water partition coefficient (Wildman–Crippen LogP) is 3.63. The van der Waals surface area contributed by atoms with E-state index in [0.29, 0.717) is 11.3 Å². The SMILES string of the molecule is Cc1ccc(O)c(NC(=O)N/C=C/c2ccccc2F)c1. The summed E-state index contributed by atoms with van der Waals surface area (Å²) in [6.45, 7) is 1.85. The lowest BCUT2D eigenvalue weighted by Crippen LogP contribution is -2.23. The second kappa shape index (κ2) is 6.56. The van der Waals surface area contributed by atoms with Crippen LogP contribution in [-0.2, 0) is 0 Å². The summed E-state index contributed by atoms with van der Waals surface area (Å²) in [5, 5.41) is 14.6. The van der Waals surface area contributed by atoms with E-state index in [4.69, 9.17) is 0 Å². The highest BCUT2D eigenvalue weighted by atomic mass is 19.1. The van der Waals surface area contributed by atoms with E-state index in [1.54, 1.807) is 30.3 Å². The summed E-state index contributed by atoms with van der Waals surface area (Å²) < 4.78 is 13.3. The van der Waals surface area contributed by atoms with Crippen molar-refractivity contribution in [3.63, 3.8) is 0 Å². The molecule has 2 aromatic rings. The third-order valence-electron chi connectivity index (χ3n) is 2.78. The maximum Gasteiger partial charge on any atom is 0.323 e. The van der Waals surface area contributed by atoms with Gasteiger partial charge in [0.05, 0.1) is 5.69 Å². The van der Waals surface area contributed by atoms with Crippen molar-refractivity contribution in [1.82, 2.24) is 5.32 Å². The molecular formula is C16H15FN2O2. The van der Waals surface area contributed by atoms with Gasteiger partial charge in [0.25, 0.3) is 0 Å². The van der Waals surface area contributed by atoms with Gasteiger partial charge in [-0.1, -0.05) is 24.3 Å². The molecule has 0 fully saturated rings. The van der Waals surface area contributed by atoms with Gasteiger partial charge >= 0.3 is 6.03 Å². The number of carbonyl (C=O) groups is 1. The van der Waals surface area contributed by atoms with E-state index < -0.39 is 6.03 Å². The van der Waals surface area contributed by atoms with Crippen molar-refractivity contribution >= 4 is 17.8 Å². The number of aryl methyl sites for hydroxylation is 1. The number of benzene rings is 2. The molecule has 21 heavy (non-hydrogen) atoms. The molecule has 0 aliphatic carbocycles. The Labute approximate surface area is 121 Å². The number of carbonyl (C=O) groups excluding carboxylic acids is 1. The fourth-order valence-electron chi connectivity index (χ4n) is 1.73. The fraction of sp³-hybridized carbons (Fsp3) is 0.0625. The van der Waals surface area contributed by atoms with Gasteiger partial charge < -0.3 is 15.7 Å². The molecule has 0 saturated heterocycles. The zero-order valence-electron chi connectivity index (χ0n) is 11.4. The van der Waals surface area contributed by atoms with Crippen LogP contribution in [0.1, 0.15) is 11.1 Å². The van der Waals surface area contributed by atoms with Gasteiger partial charge in [-0.05, 0) is 36.8 Å². The highest BCUT2D eigenvalue weighted by Crippen LogP contribution is 2.23. The first kappa shape index (κ1) is 14.6. The zero-order chi connectivity index (χ0) is 15.2. The maximum atomic E-state index is 13.3. The Kier molecular flexibility index (Phi) is 4.56. The van der Waals surface area contributed by atoms with Crippen molar-refractivity contribution in [3.8, 4) is 5.75 Å². The van der Waals surface area contributed by atoms with Crippen molar-refractivity contribution in [2.24, 2.45) is 0 Å². The van der Waals surface area contributed by atoms with Crippen LogP contribution in [0, 0.1) is 12.7 Å². The molecule has 0 aliphatic heterocycles. The first-order valence-corrected chi connectivity index (χ1v) is 6.34. The van der Waals surface area contributed by atoms with Gasteiger partial charge in [-0.3, -0.25) is 0 Å². The minimum atomic E-state index is -0.525. The van der Waals surface area contributed by atoms with Crippen LogP contribution in [0.4, 0.5) is 14.9 Å². The smallest absolute Gasteiger partial charge is 0.323 e. The normalized spacial score (nSPS) is 10.6. The van der Waals surface area contributed by atoms with Crippen molar-refractivity contribution < 1.29 is 14.3 Å². The fourth-order valence-corrected chi connectivity index (χ4v) is 1.73. The van der Waals surface area contributed by atoms with E-state index in [-0.39, 0.29) is 11.6 Å². The molecule has 2 rings (SSSR count).